The van der Waals surface area contributed by atoms with Crippen molar-refractivity contribution in [2.24, 2.45) is 0 Å². The zero-order valence-corrected chi connectivity index (χ0v) is 22.1. The molecule has 1 aromatic heterocycles. The first kappa shape index (κ1) is 27.1. The van der Waals surface area contributed by atoms with Crippen molar-refractivity contribution in [3.8, 4) is 0 Å². The molecular weight excluding hydrogens is 473 g/mol. The van der Waals surface area contributed by atoms with Crippen LogP contribution in [0.3, 0.4) is 0 Å². The smallest absolute Gasteiger partial charge is 0.252 e. The highest BCUT2D eigenvalue weighted by molar-refractivity contribution is 6.06. The lowest BCUT2D eigenvalue weighted by molar-refractivity contribution is -0.132. The van der Waals surface area contributed by atoms with Crippen molar-refractivity contribution in [3.63, 3.8) is 0 Å². The summed E-state index contributed by atoms with van der Waals surface area (Å²) in [5.41, 5.74) is -0.222. The Morgan fingerprint density at radius 1 is 1.08 bits per heavy atom. The molecule has 9 heteroatoms. The van der Waals surface area contributed by atoms with Crippen LogP contribution < -0.4 is 15.5 Å². The number of aliphatic hydroxyl groups excluding tert-OH is 1. The van der Waals surface area contributed by atoms with E-state index in [1.807, 2.05) is 24.3 Å². The number of carbonyl (C=O) groups excluding carboxylic acids is 2. The van der Waals surface area contributed by atoms with Crippen molar-refractivity contribution in [2.45, 2.75) is 95.4 Å². The van der Waals surface area contributed by atoms with Crippen molar-refractivity contribution in [2.75, 3.05) is 11.4 Å². The van der Waals surface area contributed by atoms with Crippen LogP contribution in [-0.4, -0.2) is 51.6 Å². The molecule has 0 bridgehead atoms. The van der Waals surface area contributed by atoms with Gasteiger partial charge in [-0.3, -0.25) is 19.5 Å². The van der Waals surface area contributed by atoms with Crippen LogP contribution in [0.4, 0.5) is 10.1 Å². The van der Waals surface area contributed by atoms with Crippen LogP contribution in [0.15, 0.2) is 36.7 Å². The molecule has 0 spiro atoms. The number of nitrogens with one attached hydrogen (secondary N) is 2. The van der Waals surface area contributed by atoms with Gasteiger partial charge in [0.05, 0.1) is 30.2 Å². The third-order valence-corrected chi connectivity index (χ3v) is 7.55. The third kappa shape index (κ3) is 5.83. The molecule has 37 heavy (non-hydrogen) atoms. The minimum Gasteiger partial charge on any atom is -0.392 e. The van der Waals surface area contributed by atoms with Gasteiger partial charge in [-0.1, -0.05) is 52.2 Å². The predicted molar refractivity (Wildman–Crippen MR) is 139 cm³/mol. The zero-order chi connectivity index (χ0) is 26.8. The number of aliphatic hydroxyl groups is 1. The maximum Gasteiger partial charge on any atom is 0.252 e. The molecule has 4 rings (SSSR count). The maximum atomic E-state index is 14.4. The van der Waals surface area contributed by atoms with Gasteiger partial charge in [0.15, 0.2) is 5.54 Å². The predicted octanol–water partition coefficient (Wildman–Crippen LogP) is 3.33. The van der Waals surface area contributed by atoms with E-state index in [0.717, 1.165) is 43.9 Å². The number of carbonyl (C=O) groups is 2. The Labute approximate surface area is 218 Å². The number of benzene rings is 1. The third-order valence-electron chi connectivity index (χ3n) is 7.55. The SMILES string of the molecule is CC(C)(C)c1ccc(N(C(=O)[C@H]2C[C@@H](O)CN2)C(C)(C(=O)NC2CCCCC2)c2cncc(F)n2)cc1. The van der Waals surface area contributed by atoms with Crippen LogP contribution in [0.5, 0.6) is 0 Å². The van der Waals surface area contributed by atoms with Crippen molar-refractivity contribution < 1.29 is 19.1 Å². The van der Waals surface area contributed by atoms with Gasteiger partial charge in [-0.05, 0) is 49.3 Å². The van der Waals surface area contributed by atoms with Gasteiger partial charge < -0.3 is 15.7 Å². The highest BCUT2D eigenvalue weighted by Crippen LogP contribution is 2.36. The van der Waals surface area contributed by atoms with E-state index in [0.29, 0.717) is 5.69 Å². The standard InChI is InChI=1S/C28H38FN5O3/c1-27(2,3)18-10-12-20(13-11-18)34(25(36)22-14-21(35)15-31-22)28(4,23-16-30-17-24(29)33-23)26(37)32-19-8-6-5-7-9-19/h10-13,16-17,19,21-22,31,35H,5-9,14-15H2,1-4H3,(H,32,37)/t21-,22-,28?/m1/s1. The van der Waals surface area contributed by atoms with Gasteiger partial charge in [0.2, 0.25) is 11.9 Å². The summed E-state index contributed by atoms with van der Waals surface area (Å²) in [6.45, 7) is 8.16. The maximum absolute atomic E-state index is 14.4. The highest BCUT2D eigenvalue weighted by Gasteiger charge is 2.49. The van der Waals surface area contributed by atoms with E-state index in [9.17, 15) is 19.1 Å². The summed E-state index contributed by atoms with van der Waals surface area (Å²) < 4.78 is 14.4. The average Bonchev–Trinajstić information content (AvgIpc) is 3.30. The van der Waals surface area contributed by atoms with Crippen LogP contribution in [0, 0.1) is 5.95 Å². The molecule has 1 saturated carbocycles. The van der Waals surface area contributed by atoms with Crippen molar-refractivity contribution >= 4 is 17.5 Å². The molecule has 1 unspecified atom stereocenters. The van der Waals surface area contributed by atoms with Gasteiger partial charge >= 0.3 is 0 Å². The Hall–Kier alpha value is -2.91. The van der Waals surface area contributed by atoms with Gasteiger partial charge in [-0.25, -0.2) is 4.98 Å². The first-order valence-corrected chi connectivity index (χ1v) is 13.1. The molecule has 2 aromatic rings. The van der Waals surface area contributed by atoms with Crippen molar-refractivity contribution in [3.05, 3.63) is 53.9 Å². The van der Waals surface area contributed by atoms with E-state index < -0.39 is 35.4 Å². The normalized spacial score (nSPS) is 22.3. The van der Waals surface area contributed by atoms with E-state index >= 15 is 0 Å². The van der Waals surface area contributed by atoms with Crippen LogP contribution in [0.1, 0.15) is 77.5 Å². The zero-order valence-electron chi connectivity index (χ0n) is 22.1. The van der Waals surface area contributed by atoms with Crippen LogP contribution in [0.25, 0.3) is 0 Å². The van der Waals surface area contributed by atoms with Gasteiger partial charge in [0, 0.05) is 18.3 Å². The lowest BCUT2D eigenvalue weighted by Gasteiger charge is -2.41. The molecule has 3 atom stereocenters. The lowest BCUT2D eigenvalue weighted by atomic mass is 9.86. The number of β-amino-alcohol motifs (C(OH)–C–C–N with tert-alkyl or cyclic N) is 1. The van der Waals surface area contributed by atoms with Gasteiger partial charge in [0.25, 0.3) is 5.91 Å². The Balaban J connectivity index is 1.83. The second kappa shape index (κ2) is 10.8. The quantitative estimate of drug-likeness (QED) is 0.549. The van der Waals surface area contributed by atoms with E-state index in [4.69, 9.17) is 0 Å². The van der Waals surface area contributed by atoms with Gasteiger partial charge in [-0.2, -0.15) is 4.39 Å². The van der Waals surface area contributed by atoms with Crippen molar-refractivity contribution in [1.82, 2.24) is 20.6 Å². The highest BCUT2D eigenvalue weighted by atomic mass is 19.1. The molecule has 1 saturated heterocycles. The fourth-order valence-electron chi connectivity index (χ4n) is 5.26. The molecule has 8 nitrogen and oxygen atoms in total. The van der Waals surface area contributed by atoms with E-state index in [1.165, 1.54) is 11.1 Å². The van der Waals surface area contributed by atoms with Gasteiger partial charge in [-0.15, -0.1) is 0 Å². The Morgan fingerprint density at radius 3 is 2.32 bits per heavy atom. The summed E-state index contributed by atoms with van der Waals surface area (Å²) in [4.78, 5) is 37.6. The molecular formula is C28H38FN5O3. The molecule has 1 aromatic carbocycles. The van der Waals surface area contributed by atoms with Crippen molar-refractivity contribution in [1.29, 1.82) is 0 Å². The van der Waals surface area contributed by atoms with Crippen LogP contribution >= 0.6 is 0 Å². The molecule has 2 aliphatic rings. The molecule has 200 valence electrons. The Morgan fingerprint density at radius 2 is 1.76 bits per heavy atom. The molecule has 0 radical (unpaired) electrons. The minimum atomic E-state index is -1.69. The second-order valence-corrected chi connectivity index (χ2v) is 11.4. The summed E-state index contributed by atoms with van der Waals surface area (Å²) >= 11 is 0. The average molecular weight is 512 g/mol. The van der Waals surface area contributed by atoms with Gasteiger partial charge in [0.1, 0.15) is 0 Å². The molecule has 1 aliphatic heterocycles. The Bertz CT molecular complexity index is 1110. The number of nitrogens with zero attached hydrogens (tertiary/aromatic N) is 3. The molecule has 2 heterocycles. The molecule has 2 amide bonds. The number of hydrogen-bond acceptors (Lipinski definition) is 6. The summed E-state index contributed by atoms with van der Waals surface area (Å²) in [6.07, 6.45) is 6.71. The first-order chi connectivity index (χ1) is 17.5. The number of aromatic nitrogens is 2. The fraction of sp³-hybridized carbons (Fsp3) is 0.571. The Kier molecular flexibility index (Phi) is 7.94. The number of anilines is 1. The van der Waals surface area contributed by atoms with Crippen LogP contribution in [0.2, 0.25) is 0 Å². The van der Waals surface area contributed by atoms with E-state index in [1.54, 1.807) is 6.92 Å². The van der Waals surface area contributed by atoms with E-state index in [-0.39, 0.29) is 30.1 Å². The molecule has 1 aliphatic carbocycles. The number of amides is 2. The molecule has 2 fully saturated rings. The minimum absolute atomic E-state index is 0.0336. The first-order valence-electron chi connectivity index (χ1n) is 13.1. The monoisotopic (exact) mass is 511 g/mol. The van der Waals surface area contributed by atoms with Crippen LogP contribution in [-0.2, 0) is 20.5 Å². The summed E-state index contributed by atoms with van der Waals surface area (Å²) in [5.74, 6) is -1.67. The lowest BCUT2D eigenvalue weighted by Crippen LogP contribution is -2.61. The largest absolute Gasteiger partial charge is 0.392 e. The fourth-order valence-corrected chi connectivity index (χ4v) is 5.26. The van der Waals surface area contributed by atoms with E-state index in [2.05, 4.69) is 41.4 Å². The number of rotatable bonds is 6. The second-order valence-electron chi connectivity index (χ2n) is 11.4. The molecule has 3 N–H and O–H groups in total. The topological polar surface area (TPSA) is 107 Å². The number of halogens is 1. The summed E-state index contributed by atoms with van der Waals surface area (Å²) in [7, 11) is 0. The summed E-state index contributed by atoms with van der Waals surface area (Å²) in [6, 6.07) is 6.74. The summed E-state index contributed by atoms with van der Waals surface area (Å²) in [5, 5.41) is 16.3. The number of hydrogen-bond donors (Lipinski definition) is 3.